The van der Waals surface area contributed by atoms with Gasteiger partial charge in [-0.05, 0) is 49.9 Å². The third-order valence-electron chi connectivity index (χ3n) is 4.65. The highest BCUT2D eigenvalue weighted by atomic mass is 16.2. The Balaban J connectivity index is 1.51. The molecule has 1 atom stereocenters. The topological polar surface area (TPSA) is 71.3 Å². The van der Waals surface area contributed by atoms with Crippen LogP contribution in [0.25, 0.3) is 5.65 Å². The Bertz CT molecular complexity index is 658. The second-order valence-corrected chi connectivity index (χ2v) is 5.81. The first-order chi connectivity index (χ1) is 9.78. The van der Waals surface area contributed by atoms with E-state index in [1.807, 2.05) is 24.4 Å². The molecule has 2 N–H and O–H groups in total. The van der Waals surface area contributed by atoms with Crippen molar-refractivity contribution in [1.82, 2.24) is 19.9 Å². The molecule has 20 heavy (non-hydrogen) atoms. The molecule has 1 saturated carbocycles. The van der Waals surface area contributed by atoms with E-state index in [-0.39, 0.29) is 17.2 Å². The normalized spacial score (nSPS) is 23.9. The Labute approximate surface area is 116 Å². The van der Waals surface area contributed by atoms with Crippen LogP contribution in [0.2, 0.25) is 0 Å². The van der Waals surface area contributed by atoms with Crippen molar-refractivity contribution in [2.24, 2.45) is 11.3 Å². The number of anilines is 1. The number of amides is 1. The van der Waals surface area contributed by atoms with Crippen molar-refractivity contribution in [3.63, 3.8) is 0 Å². The van der Waals surface area contributed by atoms with Gasteiger partial charge in [-0.2, -0.15) is 0 Å². The highest BCUT2D eigenvalue weighted by Crippen LogP contribution is 2.58. The van der Waals surface area contributed by atoms with Crippen molar-refractivity contribution < 1.29 is 4.79 Å². The maximum atomic E-state index is 12.4. The van der Waals surface area contributed by atoms with Crippen molar-refractivity contribution in [3.8, 4) is 0 Å². The van der Waals surface area contributed by atoms with Crippen molar-refractivity contribution in [2.45, 2.75) is 19.3 Å². The third-order valence-corrected chi connectivity index (χ3v) is 4.65. The summed E-state index contributed by atoms with van der Waals surface area (Å²) in [5, 5.41) is 14.4. The molecule has 4 rings (SSSR count). The zero-order chi connectivity index (χ0) is 13.6. The van der Waals surface area contributed by atoms with Crippen LogP contribution in [-0.4, -0.2) is 33.6 Å². The second kappa shape index (κ2) is 4.28. The van der Waals surface area contributed by atoms with Gasteiger partial charge in [0, 0.05) is 12.1 Å². The van der Waals surface area contributed by atoms with Gasteiger partial charge < -0.3 is 5.32 Å². The molecule has 1 aliphatic carbocycles. The van der Waals surface area contributed by atoms with Crippen LogP contribution in [0.3, 0.4) is 0 Å². The maximum absolute atomic E-state index is 12.4. The summed E-state index contributed by atoms with van der Waals surface area (Å²) in [4.78, 5) is 12.4. The van der Waals surface area contributed by atoms with Gasteiger partial charge in [-0.1, -0.05) is 6.07 Å². The van der Waals surface area contributed by atoms with Crippen molar-refractivity contribution in [3.05, 3.63) is 24.4 Å². The number of hydrogen-bond acceptors (Lipinski definition) is 4. The van der Waals surface area contributed by atoms with Crippen LogP contribution in [0.4, 0.5) is 5.95 Å². The quantitative estimate of drug-likeness (QED) is 0.856. The Hall–Kier alpha value is -1.95. The molecular formula is C14H17N5O. The number of nitrogens with zero attached hydrogens (tertiary/aromatic N) is 3. The Morgan fingerprint density at radius 3 is 3.05 bits per heavy atom. The van der Waals surface area contributed by atoms with Gasteiger partial charge in [-0.25, -0.2) is 0 Å². The average Bonchev–Trinajstić information content (AvgIpc) is 3.02. The van der Waals surface area contributed by atoms with Crippen LogP contribution in [-0.2, 0) is 4.79 Å². The summed E-state index contributed by atoms with van der Waals surface area (Å²) in [6.45, 7) is 2.05. The van der Waals surface area contributed by atoms with Gasteiger partial charge in [0.15, 0.2) is 5.65 Å². The molecule has 0 radical (unpaired) electrons. The molecule has 6 heteroatoms. The largest absolute Gasteiger partial charge is 0.317 e. The van der Waals surface area contributed by atoms with Crippen LogP contribution in [0, 0.1) is 11.3 Å². The van der Waals surface area contributed by atoms with E-state index in [1.165, 1.54) is 0 Å². The minimum absolute atomic E-state index is 0.0880. The average molecular weight is 271 g/mol. The number of nitrogens with one attached hydrogen (secondary N) is 2. The number of fused-ring (bicyclic) bond motifs is 1. The number of rotatable bonds is 2. The van der Waals surface area contributed by atoms with E-state index in [2.05, 4.69) is 20.8 Å². The van der Waals surface area contributed by atoms with Gasteiger partial charge in [0.05, 0.1) is 0 Å². The first kappa shape index (κ1) is 11.8. The molecule has 0 aromatic carbocycles. The second-order valence-electron chi connectivity index (χ2n) is 5.81. The molecule has 1 spiro atoms. The van der Waals surface area contributed by atoms with Gasteiger partial charge in [0.1, 0.15) is 0 Å². The number of aromatic nitrogens is 3. The molecule has 2 aliphatic rings. The minimum Gasteiger partial charge on any atom is -0.317 e. The van der Waals surface area contributed by atoms with Gasteiger partial charge in [0.25, 0.3) is 0 Å². The van der Waals surface area contributed by atoms with E-state index in [0.717, 1.165) is 38.0 Å². The fourth-order valence-electron chi connectivity index (χ4n) is 3.32. The highest BCUT2D eigenvalue weighted by Gasteiger charge is 2.57. The van der Waals surface area contributed by atoms with Gasteiger partial charge in [-0.3, -0.25) is 14.5 Å². The van der Waals surface area contributed by atoms with Crippen LogP contribution in [0.1, 0.15) is 19.3 Å². The lowest BCUT2D eigenvalue weighted by molar-refractivity contribution is -0.118. The number of hydrogen-bond donors (Lipinski definition) is 2. The lowest BCUT2D eigenvalue weighted by Crippen LogP contribution is -2.31. The molecule has 0 bridgehead atoms. The number of carbonyl (C=O) groups excluding carboxylic acids is 1. The van der Waals surface area contributed by atoms with Crippen LogP contribution < -0.4 is 10.6 Å². The SMILES string of the molecule is O=C(Nc1nnc2ccccn12)C1CC12CCNCC2. The smallest absolute Gasteiger partial charge is 0.235 e. The summed E-state index contributed by atoms with van der Waals surface area (Å²) in [6, 6.07) is 5.67. The standard InChI is InChI=1S/C14H17N5O/c20-12(10-9-14(10)4-6-15-7-5-14)16-13-18-17-11-3-1-2-8-19(11)13/h1-3,8,10,15H,4-7,9H2,(H,16,18,20). The molecule has 1 saturated heterocycles. The van der Waals surface area contributed by atoms with Crippen LogP contribution in [0.5, 0.6) is 0 Å². The lowest BCUT2D eigenvalue weighted by atomic mass is 9.92. The summed E-state index contributed by atoms with van der Waals surface area (Å²) >= 11 is 0. The van der Waals surface area contributed by atoms with Crippen molar-refractivity contribution in [1.29, 1.82) is 0 Å². The predicted octanol–water partition coefficient (Wildman–Crippen LogP) is 1.06. The molecule has 6 nitrogen and oxygen atoms in total. The Morgan fingerprint density at radius 1 is 1.35 bits per heavy atom. The van der Waals surface area contributed by atoms with E-state index in [9.17, 15) is 4.79 Å². The molecule has 2 aromatic heterocycles. The van der Waals surface area contributed by atoms with Crippen LogP contribution in [0.15, 0.2) is 24.4 Å². The zero-order valence-corrected chi connectivity index (χ0v) is 11.2. The van der Waals surface area contributed by atoms with Gasteiger partial charge in [0.2, 0.25) is 11.9 Å². The molecule has 1 unspecified atom stereocenters. The van der Waals surface area contributed by atoms with Crippen LogP contribution >= 0.6 is 0 Å². The molecule has 3 heterocycles. The summed E-state index contributed by atoms with van der Waals surface area (Å²) in [5.74, 6) is 0.743. The fourth-order valence-corrected chi connectivity index (χ4v) is 3.32. The summed E-state index contributed by atoms with van der Waals surface area (Å²) < 4.78 is 1.80. The van der Waals surface area contributed by atoms with E-state index in [0.29, 0.717) is 5.95 Å². The predicted molar refractivity (Wildman–Crippen MR) is 74.3 cm³/mol. The number of pyridine rings is 1. The van der Waals surface area contributed by atoms with E-state index in [1.54, 1.807) is 4.40 Å². The molecule has 1 aliphatic heterocycles. The van der Waals surface area contributed by atoms with Crippen molar-refractivity contribution in [2.75, 3.05) is 18.4 Å². The first-order valence-corrected chi connectivity index (χ1v) is 7.10. The Morgan fingerprint density at radius 2 is 2.20 bits per heavy atom. The number of carbonyl (C=O) groups is 1. The summed E-state index contributed by atoms with van der Waals surface area (Å²) in [7, 11) is 0. The summed E-state index contributed by atoms with van der Waals surface area (Å²) in [6.07, 6.45) is 5.08. The Kier molecular flexibility index (Phi) is 2.53. The van der Waals surface area contributed by atoms with E-state index < -0.39 is 0 Å². The van der Waals surface area contributed by atoms with Crippen molar-refractivity contribution >= 4 is 17.5 Å². The molecule has 2 fully saturated rings. The van der Waals surface area contributed by atoms with E-state index >= 15 is 0 Å². The molecule has 1 amide bonds. The third kappa shape index (κ3) is 1.79. The number of piperidine rings is 1. The molecular weight excluding hydrogens is 254 g/mol. The summed E-state index contributed by atoms with van der Waals surface area (Å²) in [5.41, 5.74) is 0.991. The maximum Gasteiger partial charge on any atom is 0.235 e. The fraction of sp³-hybridized carbons (Fsp3) is 0.500. The lowest BCUT2D eigenvalue weighted by Gasteiger charge is -2.23. The monoisotopic (exact) mass is 271 g/mol. The minimum atomic E-state index is 0.0880. The van der Waals surface area contributed by atoms with Gasteiger partial charge >= 0.3 is 0 Å². The molecule has 104 valence electrons. The van der Waals surface area contributed by atoms with E-state index in [4.69, 9.17) is 0 Å². The zero-order valence-electron chi connectivity index (χ0n) is 11.2. The van der Waals surface area contributed by atoms with Gasteiger partial charge in [-0.15, -0.1) is 10.2 Å². The first-order valence-electron chi connectivity index (χ1n) is 7.10. The highest BCUT2D eigenvalue weighted by molar-refractivity contribution is 5.94. The molecule has 2 aromatic rings.